The molecule has 1 aliphatic heterocycles. The van der Waals surface area contributed by atoms with Crippen LogP contribution in [0.2, 0.25) is 5.02 Å². The highest BCUT2D eigenvalue weighted by Gasteiger charge is 2.19. The summed E-state index contributed by atoms with van der Waals surface area (Å²) in [5.74, 6) is 1.35. The van der Waals surface area contributed by atoms with Gasteiger partial charge in [0.1, 0.15) is 0 Å². The Morgan fingerprint density at radius 1 is 1.09 bits per heavy atom. The fourth-order valence-electron chi connectivity index (χ4n) is 2.55. The summed E-state index contributed by atoms with van der Waals surface area (Å²) < 4.78 is 5.16. The van der Waals surface area contributed by atoms with Crippen LogP contribution in [0.4, 0.5) is 5.95 Å². The minimum absolute atomic E-state index is 0.605. The number of methoxy groups -OCH3 is 1. The lowest BCUT2D eigenvalue weighted by atomic mass is 10.2. The Morgan fingerprint density at radius 3 is 2.50 bits per heavy atom. The fraction of sp³-hybridized carbons (Fsp3) is 0.375. The first kappa shape index (κ1) is 15.1. The molecule has 22 heavy (non-hydrogen) atoms. The molecule has 116 valence electrons. The lowest BCUT2D eigenvalue weighted by Crippen LogP contribution is -2.46. The van der Waals surface area contributed by atoms with Crippen LogP contribution in [0.5, 0.6) is 5.88 Å². The largest absolute Gasteiger partial charge is 0.481 e. The van der Waals surface area contributed by atoms with Crippen LogP contribution in [-0.4, -0.2) is 48.2 Å². The number of halogens is 1. The summed E-state index contributed by atoms with van der Waals surface area (Å²) in [6.45, 7) is 4.76. The van der Waals surface area contributed by atoms with Crippen LogP contribution in [0.15, 0.2) is 36.5 Å². The van der Waals surface area contributed by atoms with E-state index in [2.05, 4.69) is 31.9 Å². The van der Waals surface area contributed by atoms with E-state index in [9.17, 15) is 0 Å². The van der Waals surface area contributed by atoms with Gasteiger partial charge in [-0.15, -0.1) is 0 Å². The molecule has 0 spiro atoms. The zero-order valence-corrected chi connectivity index (χ0v) is 13.3. The highest BCUT2D eigenvalue weighted by atomic mass is 35.5. The van der Waals surface area contributed by atoms with Gasteiger partial charge in [0.25, 0.3) is 0 Å². The maximum Gasteiger partial charge on any atom is 0.228 e. The minimum atomic E-state index is 0.605. The van der Waals surface area contributed by atoms with Crippen molar-refractivity contribution in [3.05, 3.63) is 47.1 Å². The minimum Gasteiger partial charge on any atom is -0.481 e. The number of rotatable bonds is 4. The van der Waals surface area contributed by atoms with E-state index in [1.165, 1.54) is 5.56 Å². The van der Waals surface area contributed by atoms with Crippen molar-refractivity contribution >= 4 is 17.5 Å². The van der Waals surface area contributed by atoms with Gasteiger partial charge in [-0.25, -0.2) is 4.98 Å². The number of ether oxygens (including phenoxy) is 1. The monoisotopic (exact) mass is 318 g/mol. The predicted molar refractivity (Wildman–Crippen MR) is 87.5 cm³/mol. The van der Waals surface area contributed by atoms with E-state index in [0.29, 0.717) is 5.88 Å². The van der Waals surface area contributed by atoms with Crippen LogP contribution >= 0.6 is 11.6 Å². The zero-order chi connectivity index (χ0) is 15.4. The molecule has 3 rings (SSSR count). The van der Waals surface area contributed by atoms with Crippen molar-refractivity contribution in [3.63, 3.8) is 0 Å². The Hall–Kier alpha value is -1.85. The Kier molecular flexibility index (Phi) is 4.75. The van der Waals surface area contributed by atoms with Crippen LogP contribution in [0.1, 0.15) is 5.56 Å². The zero-order valence-electron chi connectivity index (χ0n) is 12.6. The average molecular weight is 319 g/mol. The second-order valence-corrected chi connectivity index (χ2v) is 5.73. The lowest BCUT2D eigenvalue weighted by Gasteiger charge is -2.34. The Labute approximate surface area is 135 Å². The topological polar surface area (TPSA) is 41.5 Å². The second kappa shape index (κ2) is 6.94. The summed E-state index contributed by atoms with van der Waals surface area (Å²) in [7, 11) is 1.62. The molecule has 2 heterocycles. The van der Waals surface area contributed by atoms with Crippen LogP contribution in [0.3, 0.4) is 0 Å². The first-order chi connectivity index (χ1) is 10.7. The fourth-order valence-corrected chi connectivity index (χ4v) is 2.68. The van der Waals surface area contributed by atoms with E-state index in [4.69, 9.17) is 16.3 Å². The van der Waals surface area contributed by atoms with Gasteiger partial charge in [0, 0.05) is 50.0 Å². The molecule has 0 saturated carbocycles. The normalized spacial score (nSPS) is 15.8. The Morgan fingerprint density at radius 2 is 1.82 bits per heavy atom. The number of hydrogen-bond donors (Lipinski definition) is 0. The van der Waals surface area contributed by atoms with Gasteiger partial charge >= 0.3 is 0 Å². The number of anilines is 1. The van der Waals surface area contributed by atoms with Gasteiger partial charge in [0.2, 0.25) is 11.8 Å². The number of aromatic nitrogens is 2. The van der Waals surface area contributed by atoms with E-state index in [-0.39, 0.29) is 0 Å². The molecule has 0 radical (unpaired) electrons. The molecule has 0 unspecified atom stereocenters. The lowest BCUT2D eigenvalue weighted by molar-refractivity contribution is 0.248. The summed E-state index contributed by atoms with van der Waals surface area (Å²) in [5, 5.41) is 0.781. The first-order valence-electron chi connectivity index (χ1n) is 7.33. The molecule has 0 atom stereocenters. The molecular weight excluding hydrogens is 300 g/mol. The van der Waals surface area contributed by atoms with E-state index >= 15 is 0 Å². The third-order valence-corrected chi connectivity index (χ3v) is 4.05. The Bertz CT molecular complexity index is 612. The molecule has 5 nitrogen and oxygen atoms in total. The van der Waals surface area contributed by atoms with Gasteiger partial charge < -0.3 is 9.64 Å². The van der Waals surface area contributed by atoms with Gasteiger partial charge in [-0.05, 0) is 17.7 Å². The summed E-state index contributed by atoms with van der Waals surface area (Å²) in [4.78, 5) is 13.4. The highest BCUT2D eigenvalue weighted by Crippen LogP contribution is 2.16. The van der Waals surface area contributed by atoms with E-state index < -0.39 is 0 Å². The molecule has 0 amide bonds. The summed E-state index contributed by atoms with van der Waals surface area (Å²) in [6.07, 6.45) is 1.74. The van der Waals surface area contributed by atoms with Gasteiger partial charge in [-0.3, -0.25) is 4.90 Å². The van der Waals surface area contributed by atoms with Gasteiger partial charge in [-0.2, -0.15) is 4.98 Å². The quantitative estimate of drug-likeness (QED) is 0.866. The highest BCUT2D eigenvalue weighted by molar-refractivity contribution is 6.30. The maximum absolute atomic E-state index is 5.92. The van der Waals surface area contributed by atoms with E-state index in [1.807, 2.05) is 12.1 Å². The van der Waals surface area contributed by atoms with E-state index in [1.54, 1.807) is 19.4 Å². The molecule has 2 aromatic rings. The summed E-state index contributed by atoms with van der Waals surface area (Å²) >= 11 is 5.92. The molecule has 1 fully saturated rings. The molecule has 0 N–H and O–H groups in total. The maximum atomic E-state index is 5.92. The predicted octanol–water partition coefficient (Wildman–Crippen LogP) is 2.46. The number of nitrogens with zero attached hydrogens (tertiary/aromatic N) is 4. The summed E-state index contributed by atoms with van der Waals surface area (Å²) in [6, 6.07) is 9.81. The molecule has 6 heteroatoms. The van der Waals surface area contributed by atoms with Crippen molar-refractivity contribution in [1.29, 1.82) is 0 Å². The molecule has 1 saturated heterocycles. The smallest absolute Gasteiger partial charge is 0.228 e. The van der Waals surface area contributed by atoms with Crippen molar-refractivity contribution in [2.45, 2.75) is 6.54 Å². The van der Waals surface area contributed by atoms with Crippen molar-refractivity contribution in [1.82, 2.24) is 14.9 Å². The summed E-state index contributed by atoms with van der Waals surface area (Å²) in [5.41, 5.74) is 1.29. The van der Waals surface area contributed by atoms with Crippen molar-refractivity contribution in [2.24, 2.45) is 0 Å². The van der Waals surface area contributed by atoms with Crippen molar-refractivity contribution in [2.75, 3.05) is 38.2 Å². The van der Waals surface area contributed by atoms with Crippen molar-refractivity contribution in [3.8, 4) is 5.88 Å². The van der Waals surface area contributed by atoms with Crippen LogP contribution in [0.25, 0.3) is 0 Å². The van der Waals surface area contributed by atoms with Crippen molar-refractivity contribution < 1.29 is 4.74 Å². The molecule has 1 aromatic heterocycles. The first-order valence-corrected chi connectivity index (χ1v) is 7.71. The molecular formula is C16H19ClN4O. The molecule has 1 aliphatic rings. The Balaban J connectivity index is 1.56. The molecule has 1 aromatic carbocycles. The van der Waals surface area contributed by atoms with Gasteiger partial charge in [0.05, 0.1) is 7.11 Å². The van der Waals surface area contributed by atoms with Crippen LogP contribution in [-0.2, 0) is 6.54 Å². The van der Waals surface area contributed by atoms with Gasteiger partial charge in [0.15, 0.2) is 0 Å². The average Bonchev–Trinajstić information content (AvgIpc) is 2.58. The SMILES string of the molecule is COc1ccnc(N2CCN(Cc3ccc(Cl)cc3)CC2)n1. The number of piperazine rings is 1. The third kappa shape index (κ3) is 3.67. The van der Waals surface area contributed by atoms with Crippen LogP contribution < -0.4 is 9.64 Å². The molecule has 0 aliphatic carbocycles. The number of hydrogen-bond acceptors (Lipinski definition) is 5. The van der Waals surface area contributed by atoms with Gasteiger partial charge in [-0.1, -0.05) is 23.7 Å². The van der Waals surface area contributed by atoms with E-state index in [0.717, 1.165) is 43.7 Å². The second-order valence-electron chi connectivity index (χ2n) is 5.29. The standard InChI is InChI=1S/C16H19ClN4O/c1-22-15-6-7-18-16(19-15)21-10-8-20(9-11-21)12-13-2-4-14(17)5-3-13/h2-7H,8-12H2,1H3. The molecule has 0 bridgehead atoms. The van der Waals surface area contributed by atoms with Crippen LogP contribution in [0, 0.1) is 0 Å². The third-order valence-electron chi connectivity index (χ3n) is 3.80. The number of benzene rings is 1.